The van der Waals surface area contributed by atoms with Gasteiger partial charge in [-0.3, -0.25) is 57.7 Å². The molecule has 13 atom stereocenters. The normalized spacial score (nSPS) is 18.5. The zero-order valence-electron chi connectivity index (χ0n) is 68.5. The molecule has 1 aromatic heterocycles. The summed E-state index contributed by atoms with van der Waals surface area (Å²) < 4.78 is 18.5. The number of amides is 13. The van der Waals surface area contributed by atoms with E-state index in [0.717, 1.165) is 15.5 Å². The molecule has 8 N–H and O–H groups in total. The Balaban J connectivity index is 1.12. The Kier molecular flexibility index (Phi) is 35.7. The van der Waals surface area contributed by atoms with Crippen molar-refractivity contribution in [3.8, 4) is 0 Å². The highest BCUT2D eigenvalue weighted by atomic mass is 32.1. The molecule has 13 amide bonds. The zero-order chi connectivity index (χ0) is 82.1. The molecule has 111 heavy (non-hydrogen) atoms. The number of likely N-dealkylation sites (N-methyl/N-ethyl adjacent to an activating group) is 3. The zero-order valence-corrected chi connectivity index (χ0v) is 69.3. The molecule has 3 aromatic rings. The first-order chi connectivity index (χ1) is 52.5. The number of methoxy groups -OCH3 is 2. The molecule has 3 aliphatic heterocycles. The van der Waals surface area contributed by atoms with Crippen LogP contribution in [0, 0.1) is 40.9 Å². The van der Waals surface area contributed by atoms with Crippen LogP contribution in [0.1, 0.15) is 188 Å². The number of unbranched alkanes of at least 4 members (excludes halogenated alkanes) is 2. The van der Waals surface area contributed by atoms with Crippen LogP contribution in [0.2, 0.25) is 0 Å². The van der Waals surface area contributed by atoms with Gasteiger partial charge in [-0.15, -0.1) is 11.3 Å². The molecule has 2 aromatic carbocycles. The number of nitrogens with zero attached hydrogens (tertiary/aromatic N) is 7. The second-order valence-corrected chi connectivity index (χ2v) is 33.3. The van der Waals surface area contributed by atoms with Crippen LogP contribution in [-0.2, 0) is 68.6 Å². The molecule has 6 rings (SSSR count). The Bertz CT molecular complexity index is 3570. The van der Waals surface area contributed by atoms with Gasteiger partial charge in [0.2, 0.25) is 59.3 Å². The summed E-state index contributed by atoms with van der Waals surface area (Å²) in [5.41, 5.74) is 6.73. The lowest BCUT2D eigenvalue weighted by Crippen LogP contribution is -2.60. The van der Waals surface area contributed by atoms with Gasteiger partial charge in [0.05, 0.1) is 42.7 Å². The summed E-state index contributed by atoms with van der Waals surface area (Å²) in [7, 11) is 8.00. The molecule has 3 unspecified atom stereocenters. The smallest absolute Gasteiger partial charge is 0.411 e. The molecule has 29 nitrogen and oxygen atoms in total. The molecule has 0 spiro atoms. The van der Waals surface area contributed by atoms with Gasteiger partial charge in [-0.1, -0.05) is 138 Å². The van der Waals surface area contributed by atoms with Gasteiger partial charge >= 0.3 is 12.1 Å². The number of carbonyl (C=O) groups is 12. The van der Waals surface area contributed by atoms with E-state index >= 15 is 4.79 Å². The number of imide groups is 1. The summed E-state index contributed by atoms with van der Waals surface area (Å²) in [6, 6.07) is 9.03. The van der Waals surface area contributed by atoms with E-state index in [4.69, 9.17) is 19.9 Å². The lowest BCUT2D eigenvalue weighted by atomic mass is 9.84. The van der Waals surface area contributed by atoms with E-state index in [1.165, 1.54) is 54.7 Å². The summed E-state index contributed by atoms with van der Waals surface area (Å²) in [6.07, 6.45) is 2.62. The van der Waals surface area contributed by atoms with Crippen molar-refractivity contribution in [2.45, 2.75) is 227 Å². The number of aromatic nitrogens is 1. The Labute approximate surface area is 660 Å². The van der Waals surface area contributed by atoms with Crippen LogP contribution in [0.4, 0.5) is 15.3 Å². The molecular weight excluding hydrogens is 1440 g/mol. The van der Waals surface area contributed by atoms with Gasteiger partial charge < -0.3 is 71.4 Å². The Morgan fingerprint density at radius 1 is 0.739 bits per heavy atom. The van der Waals surface area contributed by atoms with Crippen LogP contribution in [-0.4, -0.2) is 235 Å². The number of hydrogen-bond acceptors (Lipinski definition) is 18. The Hall–Kier alpha value is -8.61. The standard InChI is InChI=1S/C81H126N14O15S/c1-18-52(8)68(61(108-16)47-64(98)94-39-26-30-60(94)69(109-17)53(9)71(99)87-59(75-83-37-44-111-75)45-54-27-21-19-22-28-54)91(14)77(104)66(50(4)5)89-74(102)67(51(6)7)92(15)80(107)110-70(78(105)93-42-40-90(13)41-43-93)55-32-34-57(35-33-55)85-72(100)58(29-25-36-84-79(82)106)86-73(101)65(49(2)3)88-62(96)31-23-20-24-38-95-63(97)46-56(76(95)103)48-81(10,11)12/h19,21-22,27-28,32-35,37,44,49-53,56,58-61,65-70H,18,20,23-26,29-31,36,38-43,45-48H2,1-17H3,(H,85,100)(H,86,101)(H,87,99)(H,88,96)(H,89,102)(H3,82,84,106)/t52-,53+,56?,58-,59?,60-,61+,65-,66-,67-,68-,69+,70?/m0/s1. The molecule has 616 valence electrons. The summed E-state index contributed by atoms with van der Waals surface area (Å²) in [4.78, 5) is 181. The highest BCUT2D eigenvalue weighted by molar-refractivity contribution is 7.09. The fourth-order valence-corrected chi connectivity index (χ4v) is 15.8. The third kappa shape index (κ3) is 26.5. The predicted molar refractivity (Wildman–Crippen MR) is 424 cm³/mol. The number of urea groups is 1. The molecule has 3 aliphatic rings. The first-order valence-corrected chi connectivity index (χ1v) is 40.3. The average Bonchev–Trinajstić information content (AvgIpc) is 1.79. The number of thiazole rings is 1. The van der Waals surface area contributed by atoms with E-state index < -0.39 is 126 Å². The number of likely N-dealkylation sites (tertiary alicyclic amines) is 2. The summed E-state index contributed by atoms with van der Waals surface area (Å²) in [5, 5.41) is 19.8. The van der Waals surface area contributed by atoms with Crippen LogP contribution >= 0.6 is 11.3 Å². The molecule has 3 fully saturated rings. The van der Waals surface area contributed by atoms with Crippen LogP contribution in [0.3, 0.4) is 0 Å². The molecule has 0 bridgehead atoms. The van der Waals surface area contributed by atoms with Gasteiger partial charge in [0.15, 0.2) is 0 Å². The van der Waals surface area contributed by atoms with Crippen LogP contribution in [0.15, 0.2) is 66.2 Å². The molecule has 0 aliphatic carbocycles. The summed E-state index contributed by atoms with van der Waals surface area (Å²) in [6.45, 7) is 24.9. The van der Waals surface area contributed by atoms with Crippen LogP contribution in [0.5, 0.6) is 0 Å². The average molecular weight is 1570 g/mol. The molecule has 3 saturated heterocycles. The van der Waals surface area contributed by atoms with E-state index in [-0.39, 0.29) is 103 Å². The molecular formula is C81H126N14O15S. The predicted octanol–water partition coefficient (Wildman–Crippen LogP) is 7.60. The van der Waals surface area contributed by atoms with Crippen molar-refractivity contribution < 1.29 is 71.7 Å². The van der Waals surface area contributed by atoms with E-state index in [0.29, 0.717) is 84.1 Å². The molecule has 4 heterocycles. The Morgan fingerprint density at radius 2 is 1.41 bits per heavy atom. The first kappa shape index (κ1) is 91.3. The number of carbonyl (C=O) groups excluding carboxylic acids is 12. The monoisotopic (exact) mass is 1570 g/mol. The minimum absolute atomic E-state index is 0.0335. The molecule has 0 radical (unpaired) electrons. The maximum Gasteiger partial charge on any atom is 0.411 e. The number of nitrogens with one attached hydrogen (secondary N) is 6. The maximum atomic E-state index is 15.1. The number of nitrogens with two attached hydrogens (primary N) is 1. The van der Waals surface area contributed by atoms with E-state index in [2.05, 4.69) is 41.8 Å². The second kappa shape index (κ2) is 43.4. The largest absolute Gasteiger partial charge is 0.431 e. The highest BCUT2D eigenvalue weighted by Gasteiger charge is 2.46. The van der Waals surface area contributed by atoms with E-state index in [1.54, 1.807) is 76.6 Å². The van der Waals surface area contributed by atoms with Crippen molar-refractivity contribution in [2.75, 3.05) is 86.5 Å². The minimum atomic E-state index is -1.54. The third-order valence-electron chi connectivity index (χ3n) is 21.5. The fraction of sp³-hybridized carbons (Fsp3) is 0.667. The van der Waals surface area contributed by atoms with E-state index in [1.807, 2.05) is 84.3 Å². The molecule has 30 heteroatoms. The van der Waals surface area contributed by atoms with Gasteiger partial charge in [-0.2, -0.15) is 0 Å². The van der Waals surface area contributed by atoms with E-state index in [9.17, 15) is 52.7 Å². The van der Waals surface area contributed by atoms with Gasteiger partial charge in [-0.05, 0) is 105 Å². The lowest BCUT2D eigenvalue weighted by molar-refractivity contribution is -0.148. The number of hydrogen-bond donors (Lipinski definition) is 7. The topological polar surface area (TPSA) is 363 Å². The second-order valence-electron chi connectivity index (χ2n) is 32.4. The highest BCUT2D eigenvalue weighted by Crippen LogP contribution is 2.35. The summed E-state index contributed by atoms with van der Waals surface area (Å²) >= 11 is 1.46. The van der Waals surface area contributed by atoms with Crippen molar-refractivity contribution in [1.29, 1.82) is 0 Å². The van der Waals surface area contributed by atoms with Gasteiger partial charge in [0.25, 0.3) is 5.91 Å². The Morgan fingerprint density at radius 3 is 1.99 bits per heavy atom. The van der Waals surface area contributed by atoms with Crippen molar-refractivity contribution in [3.63, 3.8) is 0 Å². The first-order valence-electron chi connectivity index (χ1n) is 39.4. The number of primary amides is 1. The van der Waals surface area contributed by atoms with Crippen molar-refractivity contribution in [2.24, 2.45) is 46.7 Å². The van der Waals surface area contributed by atoms with Gasteiger partial charge in [-0.25, -0.2) is 14.6 Å². The van der Waals surface area contributed by atoms with Gasteiger partial charge in [0, 0.05) is 116 Å². The number of benzene rings is 2. The third-order valence-corrected chi connectivity index (χ3v) is 22.4. The quantitative estimate of drug-likeness (QED) is 0.0212. The lowest BCUT2D eigenvalue weighted by Gasteiger charge is -2.41. The minimum Gasteiger partial charge on any atom is -0.431 e. The van der Waals surface area contributed by atoms with Crippen molar-refractivity contribution in [1.82, 2.24) is 61.0 Å². The molecule has 0 saturated carbocycles. The number of piperazine rings is 1. The number of ether oxygens (including phenoxy) is 3. The summed E-state index contributed by atoms with van der Waals surface area (Å²) in [5.74, 6) is -6.80. The number of anilines is 1. The fourth-order valence-electron chi connectivity index (χ4n) is 15.1. The number of rotatable bonds is 41. The van der Waals surface area contributed by atoms with Crippen molar-refractivity contribution >= 4 is 88.2 Å². The van der Waals surface area contributed by atoms with Crippen molar-refractivity contribution in [3.05, 3.63) is 82.3 Å². The maximum absolute atomic E-state index is 15.1. The van der Waals surface area contributed by atoms with Crippen LogP contribution in [0.25, 0.3) is 0 Å². The van der Waals surface area contributed by atoms with Crippen LogP contribution < -0.4 is 37.6 Å². The van der Waals surface area contributed by atoms with Gasteiger partial charge in [0.1, 0.15) is 29.2 Å². The SMILES string of the molecule is CC[C@H](C)[C@@H]([C@@H](CC(=O)N1CCC[C@H]1[C@H](OC)[C@@H](C)C(=O)NC(Cc1ccccc1)c1nccs1)OC)N(C)C(=O)[C@@H](NC(=O)[C@H](C(C)C)N(C)C(=O)OC(C(=O)N1CCN(C)CC1)c1ccc(NC(=O)[C@H](CCCNC(N)=O)NC(=O)[C@@H](NC(=O)CCCCCN2C(=O)CC(CC(C)(C)C)C2=O)C(C)C)cc1)C(C)C.